The highest BCUT2D eigenvalue weighted by Gasteiger charge is 2.28. The molecule has 1 aromatic rings. The molecule has 1 aliphatic rings. The highest BCUT2D eigenvalue weighted by Crippen LogP contribution is 2.32. The first-order chi connectivity index (χ1) is 10.4. The summed E-state index contributed by atoms with van der Waals surface area (Å²) in [6, 6.07) is 7.22. The third-order valence-corrected chi connectivity index (χ3v) is 5.14. The summed E-state index contributed by atoms with van der Waals surface area (Å²) in [7, 11) is -1.89. The first kappa shape index (κ1) is 16.8. The van der Waals surface area contributed by atoms with Crippen molar-refractivity contribution in [1.29, 1.82) is 0 Å². The van der Waals surface area contributed by atoms with Crippen LogP contribution in [0.5, 0.6) is 0 Å². The van der Waals surface area contributed by atoms with Gasteiger partial charge in [0.15, 0.2) is 0 Å². The fourth-order valence-corrected chi connectivity index (χ4v) is 3.04. The van der Waals surface area contributed by atoms with Gasteiger partial charge in [-0.2, -0.15) is 0 Å². The Hall–Kier alpha value is -1.60. The summed E-state index contributed by atoms with van der Waals surface area (Å²) < 4.78 is 25.4. The van der Waals surface area contributed by atoms with E-state index in [2.05, 4.69) is 15.4 Å². The van der Waals surface area contributed by atoms with Gasteiger partial charge >= 0.3 is 6.03 Å². The van der Waals surface area contributed by atoms with Crippen LogP contribution in [0.25, 0.3) is 0 Å². The largest absolute Gasteiger partial charge is 0.335 e. The molecule has 122 valence electrons. The van der Waals surface area contributed by atoms with Crippen LogP contribution in [0.3, 0.4) is 0 Å². The number of benzene rings is 1. The predicted molar refractivity (Wildman–Crippen MR) is 85.7 cm³/mol. The van der Waals surface area contributed by atoms with E-state index in [1.165, 1.54) is 19.9 Å². The van der Waals surface area contributed by atoms with Crippen LogP contribution in [0.15, 0.2) is 24.3 Å². The molecule has 0 radical (unpaired) electrons. The van der Waals surface area contributed by atoms with Crippen LogP contribution in [-0.4, -0.2) is 27.5 Å². The van der Waals surface area contributed by atoms with Gasteiger partial charge in [0.1, 0.15) is 0 Å². The van der Waals surface area contributed by atoms with Crippen LogP contribution in [0.2, 0.25) is 0 Å². The van der Waals surface area contributed by atoms with Gasteiger partial charge in [0.05, 0.1) is 5.75 Å². The lowest BCUT2D eigenvalue weighted by atomic mass is 10.1. The topological polar surface area (TPSA) is 87.3 Å². The minimum atomic E-state index is -3.29. The molecule has 1 saturated carbocycles. The molecule has 1 atom stereocenters. The van der Waals surface area contributed by atoms with Crippen molar-refractivity contribution < 1.29 is 13.2 Å². The molecule has 6 nitrogen and oxygen atoms in total. The van der Waals surface area contributed by atoms with Crippen molar-refractivity contribution in [2.24, 2.45) is 5.92 Å². The van der Waals surface area contributed by atoms with Gasteiger partial charge in [-0.15, -0.1) is 0 Å². The van der Waals surface area contributed by atoms with Gasteiger partial charge in [0.25, 0.3) is 0 Å². The third kappa shape index (κ3) is 5.31. The summed E-state index contributed by atoms with van der Waals surface area (Å²) in [4.78, 5) is 11.8. The minimum absolute atomic E-state index is 0.0672. The Morgan fingerprint density at radius 2 is 2.00 bits per heavy atom. The normalized spacial score (nSPS) is 16.1. The molecule has 1 aromatic carbocycles. The van der Waals surface area contributed by atoms with E-state index >= 15 is 0 Å². The molecule has 2 amide bonds. The van der Waals surface area contributed by atoms with Gasteiger partial charge in [-0.1, -0.05) is 24.3 Å². The smallest absolute Gasteiger partial charge is 0.315 e. The molecule has 1 unspecified atom stereocenters. The van der Waals surface area contributed by atoms with Gasteiger partial charge in [-0.3, -0.25) is 0 Å². The van der Waals surface area contributed by atoms with Crippen LogP contribution in [0.1, 0.15) is 30.9 Å². The minimum Gasteiger partial charge on any atom is -0.335 e. The molecular weight excluding hydrogens is 302 g/mol. The molecule has 1 fully saturated rings. The van der Waals surface area contributed by atoms with Crippen molar-refractivity contribution in [1.82, 2.24) is 15.4 Å². The molecule has 2 rings (SSSR count). The highest BCUT2D eigenvalue weighted by atomic mass is 32.2. The molecule has 0 aliphatic heterocycles. The van der Waals surface area contributed by atoms with Crippen LogP contribution in [0.4, 0.5) is 4.79 Å². The monoisotopic (exact) mass is 325 g/mol. The molecule has 0 bridgehead atoms. The zero-order chi connectivity index (χ0) is 16.2. The van der Waals surface area contributed by atoms with Crippen molar-refractivity contribution in [3.63, 3.8) is 0 Å². The Kier molecular flexibility index (Phi) is 5.42. The number of amides is 2. The Morgan fingerprint density at radius 3 is 2.64 bits per heavy atom. The molecule has 22 heavy (non-hydrogen) atoms. The lowest BCUT2D eigenvalue weighted by Gasteiger charge is -2.14. The number of hydrogen-bond donors (Lipinski definition) is 3. The van der Waals surface area contributed by atoms with Gasteiger partial charge in [0.2, 0.25) is 10.0 Å². The van der Waals surface area contributed by atoms with Gasteiger partial charge in [0, 0.05) is 12.6 Å². The summed E-state index contributed by atoms with van der Waals surface area (Å²) in [6.45, 7) is 2.39. The van der Waals surface area contributed by atoms with E-state index in [9.17, 15) is 13.2 Å². The fraction of sp³-hybridized carbons (Fsp3) is 0.533. The van der Waals surface area contributed by atoms with E-state index in [-0.39, 0.29) is 17.8 Å². The van der Waals surface area contributed by atoms with E-state index in [4.69, 9.17) is 0 Å². The Morgan fingerprint density at radius 1 is 1.32 bits per heavy atom. The summed E-state index contributed by atoms with van der Waals surface area (Å²) in [6.07, 6.45) is 2.37. The lowest BCUT2D eigenvalue weighted by Crippen LogP contribution is -2.41. The number of carbonyl (C=O) groups is 1. The first-order valence-electron chi connectivity index (χ1n) is 7.43. The number of rotatable bonds is 7. The molecule has 0 aromatic heterocycles. The van der Waals surface area contributed by atoms with Crippen molar-refractivity contribution in [2.45, 2.75) is 38.1 Å². The Bertz CT molecular complexity index is 627. The second-order valence-electron chi connectivity index (χ2n) is 5.74. The summed E-state index contributed by atoms with van der Waals surface area (Å²) in [5.41, 5.74) is 1.57. The second kappa shape index (κ2) is 7.11. The first-order valence-corrected chi connectivity index (χ1v) is 9.08. The van der Waals surface area contributed by atoms with Crippen molar-refractivity contribution in [3.8, 4) is 0 Å². The molecular formula is C15H23N3O3S. The molecule has 0 spiro atoms. The van der Waals surface area contributed by atoms with Gasteiger partial charge in [-0.05, 0) is 43.9 Å². The number of carbonyl (C=O) groups excluding carboxylic acids is 1. The van der Waals surface area contributed by atoms with Crippen LogP contribution in [-0.2, 0) is 22.3 Å². The van der Waals surface area contributed by atoms with Crippen LogP contribution < -0.4 is 15.4 Å². The molecule has 1 aliphatic carbocycles. The Balaban J connectivity index is 1.86. The lowest BCUT2D eigenvalue weighted by molar-refractivity contribution is 0.236. The van der Waals surface area contributed by atoms with E-state index in [1.807, 2.05) is 13.0 Å². The quantitative estimate of drug-likeness (QED) is 0.707. The predicted octanol–water partition coefficient (Wildman–Crippen LogP) is 1.33. The number of hydrogen-bond acceptors (Lipinski definition) is 3. The molecule has 0 heterocycles. The van der Waals surface area contributed by atoms with Crippen molar-refractivity contribution >= 4 is 16.1 Å². The highest BCUT2D eigenvalue weighted by molar-refractivity contribution is 7.88. The van der Waals surface area contributed by atoms with Crippen molar-refractivity contribution in [2.75, 3.05) is 7.05 Å². The van der Waals surface area contributed by atoms with Crippen molar-refractivity contribution in [3.05, 3.63) is 35.4 Å². The van der Waals surface area contributed by atoms with E-state index in [1.54, 1.807) is 18.2 Å². The maximum absolute atomic E-state index is 11.8. The third-order valence-electron chi connectivity index (χ3n) is 3.80. The van der Waals surface area contributed by atoms with Crippen LogP contribution >= 0.6 is 0 Å². The maximum atomic E-state index is 11.8. The number of sulfonamides is 1. The number of nitrogens with one attached hydrogen (secondary N) is 3. The standard InChI is InChI=1S/C15H23N3O3S/c1-11(14-6-7-14)18-15(19)17-9-12-4-3-5-13(8-12)10-22(20,21)16-2/h3-5,8,11,14,16H,6-7,9-10H2,1-2H3,(H2,17,18,19). The zero-order valence-electron chi connectivity index (χ0n) is 12.9. The van der Waals surface area contributed by atoms with Crippen LogP contribution in [0, 0.1) is 5.92 Å². The van der Waals surface area contributed by atoms with E-state index in [0.717, 1.165) is 5.56 Å². The fourth-order valence-electron chi connectivity index (χ4n) is 2.28. The summed E-state index contributed by atoms with van der Waals surface area (Å²) in [5, 5.41) is 5.72. The second-order valence-corrected chi connectivity index (χ2v) is 7.66. The number of urea groups is 1. The zero-order valence-corrected chi connectivity index (χ0v) is 13.7. The molecule has 0 saturated heterocycles. The Labute approximate surface area is 131 Å². The average molecular weight is 325 g/mol. The van der Waals surface area contributed by atoms with E-state index in [0.29, 0.717) is 18.0 Å². The summed E-state index contributed by atoms with van der Waals surface area (Å²) in [5.74, 6) is 0.545. The van der Waals surface area contributed by atoms with Gasteiger partial charge in [-0.25, -0.2) is 17.9 Å². The SMILES string of the molecule is CNS(=O)(=O)Cc1cccc(CNC(=O)NC(C)C2CC2)c1. The van der Waals surface area contributed by atoms with Gasteiger partial charge < -0.3 is 10.6 Å². The maximum Gasteiger partial charge on any atom is 0.315 e. The molecule has 7 heteroatoms. The van der Waals surface area contributed by atoms with E-state index < -0.39 is 10.0 Å². The molecule has 3 N–H and O–H groups in total. The summed E-state index contributed by atoms with van der Waals surface area (Å²) >= 11 is 0. The average Bonchev–Trinajstić information content (AvgIpc) is 3.30.